The van der Waals surface area contributed by atoms with Crippen molar-refractivity contribution >= 4 is 22.6 Å². The summed E-state index contributed by atoms with van der Waals surface area (Å²) in [7, 11) is 1.60. The van der Waals surface area contributed by atoms with Crippen LogP contribution in [0, 0.1) is 5.41 Å². The van der Waals surface area contributed by atoms with E-state index in [0.717, 1.165) is 37.0 Å². The summed E-state index contributed by atoms with van der Waals surface area (Å²) >= 11 is 0. The van der Waals surface area contributed by atoms with Crippen LogP contribution in [0.3, 0.4) is 0 Å². The minimum absolute atomic E-state index is 0.0176. The summed E-state index contributed by atoms with van der Waals surface area (Å²) in [6.07, 6.45) is 7.08. The van der Waals surface area contributed by atoms with Crippen LogP contribution in [0.5, 0.6) is 5.75 Å². The smallest absolute Gasteiger partial charge is 0.267 e. The predicted octanol–water partition coefficient (Wildman–Crippen LogP) is 3.89. The number of ether oxygens (including phenoxy) is 1. The lowest BCUT2D eigenvalue weighted by atomic mass is 10.1. The molecule has 0 aliphatic carbocycles. The lowest BCUT2D eigenvalue weighted by molar-refractivity contribution is 0.0950. The summed E-state index contributed by atoms with van der Waals surface area (Å²) in [5.74, 6) is 0.373. The number of hydrogen-bond acceptors (Lipinski definition) is 5. The van der Waals surface area contributed by atoms with Crippen LogP contribution in [-0.2, 0) is 6.54 Å². The highest BCUT2D eigenvalue weighted by molar-refractivity contribution is 5.96. The van der Waals surface area contributed by atoms with Gasteiger partial charge in [-0.3, -0.25) is 19.4 Å². The second kappa shape index (κ2) is 11.0. The van der Waals surface area contributed by atoms with Crippen molar-refractivity contribution in [1.82, 2.24) is 19.3 Å². The highest BCUT2D eigenvalue weighted by Gasteiger charge is 2.17. The van der Waals surface area contributed by atoms with E-state index in [1.165, 1.54) is 16.9 Å². The second-order valence-electron chi connectivity index (χ2n) is 8.59. The van der Waals surface area contributed by atoms with Crippen LogP contribution in [0.1, 0.15) is 54.9 Å². The third-order valence-electron chi connectivity index (χ3n) is 6.13. The molecule has 0 radical (unpaired) electrons. The van der Waals surface area contributed by atoms with E-state index in [9.17, 15) is 9.59 Å². The molecular weight excluding hydrogens is 442 g/mol. The molecule has 0 saturated carbocycles. The lowest BCUT2D eigenvalue weighted by Gasteiger charge is -2.15. The molecule has 8 heteroatoms. The molecule has 0 fully saturated rings. The van der Waals surface area contributed by atoms with Gasteiger partial charge < -0.3 is 14.6 Å². The Morgan fingerprint density at radius 3 is 2.60 bits per heavy atom. The number of hydrogen-bond donors (Lipinski definition) is 2. The molecule has 0 aliphatic rings. The summed E-state index contributed by atoms with van der Waals surface area (Å²) in [5, 5.41) is 12.1. The number of pyridine rings is 2. The molecule has 0 saturated heterocycles. The zero-order valence-electron chi connectivity index (χ0n) is 20.2. The van der Waals surface area contributed by atoms with Crippen molar-refractivity contribution in [1.29, 1.82) is 5.41 Å². The summed E-state index contributed by atoms with van der Waals surface area (Å²) < 4.78 is 8.33. The normalized spacial score (nSPS) is 11.1. The SMILES string of the molecule is CCCCCCCNC(=O)c1cc2c(=O)n3ccccc3nc2n(Cc2ccc(OC)cc2)c1=N. The maximum Gasteiger partial charge on any atom is 0.267 e. The average Bonchev–Trinajstić information content (AvgIpc) is 2.88. The predicted molar refractivity (Wildman–Crippen MR) is 136 cm³/mol. The van der Waals surface area contributed by atoms with Crippen LogP contribution in [0.15, 0.2) is 59.5 Å². The van der Waals surface area contributed by atoms with Crippen molar-refractivity contribution in [3.63, 3.8) is 0 Å². The van der Waals surface area contributed by atoms with Crippen molar-refractivity contribution in [2.75, 3.05) is 13.7 Å². The second-order valence-corrected chi connectivity index (χ2v) is 8.59. The van der Waals surface area contributed by atoms with Crippen LogP contribution in [-0.4, -0.2) is 33.5 Å². The average molecular weight is 474 g/mol. The molecule has 0 spiro atoms. The van der Waals surface area contributed by atoms with Crippen LogP contribution in [0.4, 0.5) is 0 Å². The van der Waals surface area contributed by atoms with E-state index >= 15 is 0 Å². The van der Waals surface area contributed by atoms with Gasteiger partial charge >= 0.3 is 0 Å². The quantitative estimate of drug-likeness (QED) is 0.270. The monoisotopic (exact) mass is 473 g/mol. The zero-order chi connectivity index (χ0) is 24.8. The number of methoxy groups -OCH3 is 1. The van der Waals surface area contributed by atoms with Gasteiger partial charge in [0.2, 0.25) is 0 Å². The van der Waals surface area contributed by atoms with Gasteiger partial charge in [-0.15, -0.1) is 0 Å². The van der Waals surface area contributed by atoms with Gasteiger partial charge in [-0.25, -0.2) is 4.98 Å². The minimum atomic E-state index is -0.353. The summed E-state index contributed by atoms with van der Waals surface area (Å²) in [4.78, 5) is 31.1. The fraction of sp³-hybridized carbons (Fsp3) is 0.333. The number of carbonyl (C=O) groups is 1. The fourth-order valence-corrected chi connectivity index (χ4v) is 4.15. The Morgan fingerprint density at radius 1 is 1.09 bits per heavy atom. The molecule has 0 bridgehead atoms. The number of carbonyl (C=O) groups excluding carboxylic acids is 1. The topological polar surface area (TPSA) is 101 Å². The number of fused-ring (bicyclic) bond motifs is 2. The van der Waals surface area contributed by atoms with E-state index in [1.54, 1.807) is 30.0 Å². The number of unbranched alkanes of at least 4 members (excludes halogenated alkanes) is 4. The third-order valence-corrected chi connectivity index (χ3v) is 6.13. The Hall–Kier alpha value is -3.94. The number of amides is 1. The molecular formula is C27H31N5O3. The van der Waals surface area contributed by atoms with Gasteiger partial charge in [-0.1, -0.05) is 50.8 Å². The first kappa shape index (κ1) is 24.2. The van der Waals surface area contributed by atoms with Crippen molar-refractivity contribution in [2.24, 2.45) is 0 Å². The molecule has 8 nitrogen and oxygen atoms in total. The third kappa shape index (κ3) is 5.26. The number of nitrogens with one attached hydrogen (secondary N) is 2. The van der Waals surface area contributed by atoms with Crippen LogP contribution < -0.4 is 21.1 Å². The number of benzene rings is 1. The molecule has 4 aromatic rings. The molecule has 0 atom stereocenters. The van der Waals surface area contributed by atoms with Crippen molar-refractivity contribution in [3.8, 4) is 5.75 Å². The van der Waals surface area contributed by atoms with E-state index in [-0.39, 0.29) is 29.1 Å². The molecule has 1 amide bonds. The van der Waals surface area contributed by atoms with E-state index in [0.29, 0.717) is 23.2 Å². The van der Waals surface area contributed by atoms with Gasteiger partial charge in [0.1, 0.15) is 22.5 Å². The van der Waals surface area contributed by atoms with Gasteiger partial charge in [0.15, 0.2) is 0 Å². The molecule has 4 rings (SSSR count). The van der Waals surface area contributed by atoms with E-state index in [1.807, 2.05) is 30.3 Å². The standard InChI is InChI=1S/C27H31N5O3/c1-3-4-5-6-8-15-29-26(33)21-17-22-25(30-23-10-7-9-16-31(23)27(22)34)32(24(21)28)18-19-11-13-20(35-2)14-12-19/h7,9-14,16-17,28H,3-6,8,15,18H2,1-2H3,(H,29,33). The van der Waals surface area contributed by atoms with Gasteiger partial charge in [0, 0.05) is 12.7 Å². The Bertz CT molecular complexity index is 1450. The minimum Gasteiger partial charge on any atom is -0.497 e. The molecule has 182 valence electrons. The Kier molecular flexibility index (Phi) is 7.60. The Morgan fingerprint density at radius 2 is 1.86 bits per heavy atom. The fourth-order valence-electron chi connectivity index (χ4n) is 4.15. The van der Waals surface area contributed by atoms with Gasteiger partial charge in [-0.2, -0.15) is 0 Å². The summed E-state index contributed by atoms with van der Waals surface area (Å²) in [6, 6.07) is 14.3. The lowest BCUT2D eigenvalue weighted by Crippen LogP contribution is -2.35. The Balaban J connectivity index is 1.76. The van der Waals surface area contributed by atoms with Crippen LogP contribution >= 0.6 is 0 Å². The molecule has 0 unspecified atom stereocenters. The zero-order valence-corrected chi connectivity index (χ0v) is 20.2. The first-order chi connectivity index (χ1) is 17.0. The largest absolute Gasteiger partial charge is 0.497 e. The van der Waals surface area contributed by atoms with E-state index in [4.69, 9.17) is 10.1 Å². The molecule has 3 aromatic heterocycles. The van der Waals surface area contributed by atoms with Gasteiger partial charge in [-0.05, 0) is 42.3 Å². The Labute approximate surface area is 203 Å². The van der Waals surface area contributed by atoms with Gasteiger partial charge in [0.05, 0.1) is 24.6 Å². The van der Waals surface area contributed by atoms with Gasteiger partial charge in [0.25, 0.3) is 11.5 Å². The highest BCUT2D eigenvalue weighted by Crippen LogP contribution is 2.15. The number of aromatic nitrogens is 3. The highest BCUT2D eigenvalue weighted by atomic mass is 16.5. The van der Waals surface area contributed by atoms with Crippen LogP contribution in [0.2, 0.25) is 0 Å². The summed E-state index contributed by atoms with van der Waals surface area (Å²) in [6.45, 7) is 2.99. The first-order valence-corrected chi connectivity index (χ1v) is 12.0. The van der Waals surface area contributed by atoms with Crippen molar-refractivity contribution < 1.29 is 9.53 Å². The number of nitrogens with zero attached hydrogens (tertiary/aromatic N) is 3. The number of rotatable bonds is 10. The maximum absolute atomic E-state index is 13.3. The molecule has 35 heavy (non-hydrogen) atoms. The molecule has 3 heterocycles. The van der Waals surface area contributed by atoms with E-state index in [2.05, 4.69) is 17.2 Å². The molecule has 0 aliphatic heterocycles. The molecule has 2 N–H and O–H groups in total. The van der Waals surface area contributed by atoms with Crippen molar-refractivity contribution in [3.05, 3.63) is 81.7 Å². The molecule has 1 aromatic carbocycles. The maximum atomic E-state index is 13.3. The summed E-state index contributed by atoms with van der Waals surface area (Å²) in [5.41, 5.74) is 1.66. The first-order valence-electron chi connectivity index (χ1n) is 12.0. The van der Waals surface area contributed by atoms with E-state index < -0.39 is 0 Å². The van der Waals surface area contributed by atoms with Crippen LogP contribution in [0.25, 0.3) is 16.7 Å². The van der Waals surface area contributed by atoms with Crippen molar-refractivity contribution in [2.45, 2.75) is 45.6 Å².